The molecule has 2 N–H and O–H groups in total. The van der Waals surface area contributed by atoms with Crippen LogP contribution in [0.2, 0.25) is 0 Å². The van der Waals surface area contributed by atoms with Crippen LogP contribution in [0.4, 0.5) is 5.82 Å². The normalized spacial score (nSPS) is 15.7. The molecule has 0 radical (unpaired) electrons. The number of anilines is 1. The average molecular weight is 319 g/mol. The minimum atomic E-state index is 0.231. The van der Waals surface area contributed by atoms with Gasteiger partial charge in [0.2, 0.25) is 0 Å². The summed E-state index contributed by atoms with van der Waals surface area (Å²) in [5, 5.41) is 4.23. The van der Waals surface area contributed by atoms with E-state index < -0.39 is 0 Å². The van der Waals surface area contributed by atoms with Gasteiger partial charge < -0.3 is 15.2 Å². The van der Waals surface area contributed by atoms with E-state index >= 15 is 0 Å². The van der Waals surface area contributed by atoms with E-state index in [0.29, 0.717) is 5.82 Å². The van der Waals surface area contributed by atoms with Crippen LogP contribution in [0.1, 0.15) is 12.8 Å². The molecule has 1 fully saturated rings. The number of methoxy groups -OCH3 is 1. The lowest BCUT2D eigenvalue weighted by Crippen LogP contribution is -2.22. The van der Waals surface area contributed by atoms with Crippen LogP contribution in [0.5, 0.6) is 11.5 Å². The predicted octanol–water partition coefficient (Wildman–Crippen LogP) is 2.95. The molecule has 118 valence electrons. The Bertz CT molecular complexity index is 651. The van der Waals surface area contributed by atoms with Crippen molar-refractivity contribution in [1.29, 1.82) is 0 Å². The van der Waals surface area contributed by atoms with Gasteiger partial charge in [-0.15, -0.1) is 0 Å². The second-order valence-electron chi connectivity index (χ2n) is 5.33. The molecule has 0 amide bonds. The molecular formula is C16H21N3O2S. The summed E-state index contributed by atoms with van der Waals surface area (Å²) in [5.41, 5.74) is 7.94. The van der Waals surface area contributed by atoms with Crippen LogP contribution >= 0.6 is 11.8 Å². The maximum absolute atomic E-state index is 6.30. The number of ether oxygens (including phenoxy) is 2. The molecule has 1 aromatic carbocycles. The SMILES string of the molecule is COc1cccc(-c2cnn(C)c2N)c1OC1CCSCC1. The van der Waals surface area contributed by atoms with E-state index in [1.807, 2.05) is 37.0 Å². The minimum absolute atomic E-state index is 0.231. The lowest BCUT2D eigenvalue weighted by molar-refractivity contribution is 0.185. The number of nitrogen functional groups attached to an aromatic ring is 1. The number of hydrogen-bond acceptors (Lipinski definition) is 5. The Balaban J connectivity index is 2.00. The first kappa shape index (κ1) is 15.1. The van der Waals surface area contributed by atoms with E-state index in [2.05, 4.69) is 5.10 Å². The van der Waals surface area contributed by atoms with Crippen molar-refractivity contribution in [3.05, 3.63) is 24.4 Å². The molecule has 1 aliphatic heterocycles. The number of thioether (sulfide) groups is 1. The number of rotatable bonds is 4. The lowest BCUT2D eigenvalue weighted by atomic mass is 10.1. The molecule has 0 aliphatic carbocycles. The Hall–Kier alpha value is -1.82. The summed E-state index contributed by atoms with van der Waals surface area (Å²) in [6.07, 6.45) is 4.12. The van der Waals surface area contributed by atoms with Gasteiger partial charge in [-0.3, -0.25) is 4.68 Å². The Morgan fingerprint density at radius 2 is 2.05 bits per heavy atom. The van der Waals surface area contributed by atoms with Crippen LogP contribution in [-0.2, 0) is 7.05 Å². The molecule has 0 saturated carbocycles. The third-order valence-electron chi connectivity index (χ3n) is 3.93. The van der Waals surface area contributed by atoms with Crippen LogP contribution in [0.25, 0.3) is 11.1 Å². The first-order chi connectivity index (χ1) is 10.7. The number of aryl methyl sites for hydroxylation is 1. The fourth-order valence-corrected chi connectivity index (χ4v) is 3.69. The highest BCUT2D eigenvalue weighted by Gasteiger charge is 2.22. The second-order valence-corrected chi connectivity index (χ2v) is 6.56. The fraction of sp³-hybridized carbons (Fsp3) is 0.438. The molecule has 1 aromatic heterocycles. The molecule has 6 heteroatoms. The molecule has 1 aliphatic rings. The maximum Gasteiger partial charge on any atom is 0.169 e. The van der Waals surface area contributed by atoms with Gasteiger partial charge in [-0.25, -0.2) is 0 Å². The van der Waals surface area contributed by atoms with Gasteiger partial charge in [-0.1, -0.05) is 12.1 Å². The van der Waals surface area contributed by atoms with Crippen molar-refractivity contribution in [2.45, 2.75) is 18.9 Å². The van der Waals surface area contributed by atoms with Crippen molar-refractivity contribution < 1.29 is 9.47 Å². The maximum atomic E-state index is 6.30. The molecule has 0 unspecified atom stereocenters. The molecule has 0 atom stereocenters. The van der Waals surface area contributed by atoms with Gasteiger partial charge in [0.05, 0.1) is 13.3 Å². The number of benzene rings is 1. The van der Waals surface area contributed by atoms with Crippen LogP contribution in [-0.4, -0.2) is 34.5 Å². The summed E-state index contributed by atoms with van der Waals surface area (Å²) in [6, 6.07) is 5.87. The van der Waals surface area contributed by atoms with Gasteiger partial charge in [0.25, 0.3) is 0 Å². The molecule has 0 bridgehead atoms. The highest BCUT2D eigenvalue weighted by molar-refractivity contribution is 7.99. The van der Waals surface area contributed by atoms with Crippen LogP contribution in [0.3, 0.4) is 0 Å². The van der Waals surface area contributed by atoms with Gasteiger partial charge in [-0.2, -0.15) is 16.9 Å². The molecule has 2 aromatic rings. The summed E-state index contributed by atoms with van der Waals surface area (Å²) >= 11 is 1.98. The average Bonchev–Trinajstić information content (AvgIpc) is 2.88. The zero-order valence-corrected chi connectivity index (χ0v) is 13.7. The standard InChI is InChI=1S/C16H21N3O2S/c1-19-16(17)13(10-18-19)12-4-3-5-14(20-2)15(12)21-11-6-8-22-9-7-11/h3-5,10-11H,6-9,17H2,1-2H3. The van der Waals surface area contributed by atoms with Crippen LogP contribution in [0, 0.1) is 0 Å². The summed E-state index contributed by atoms with van der Waals surface area (Å²) in [7, 11) is 3.49. The molecular weight excluding hydrogens is 298 g/mol. The fourth-order valence-electron chi connectivity index (χ4n) is 2.63. The molecule has 0 spiro atoms. The smallest absolute Gasteiger partial charge is 0.169 e. The van der Waals surface area contributed by atoms with E-state index in [9.17, 15) is 0 Å². The van der Waals surface area contributed by atoms with Crippen molar-refractivity contribution in [1.82, 2.24) is 9.78 Å². The van der Waals surface area contributed by atoms with Crippen molar-refractivity contribution in [3.63, 3.8) is 0 Å². The third-order valence-corrected chi connectivity index (χ3v) is 4.98. The van der Waals surface area contributed by atoms with E-state index in [0.717, 1.165) is 47.0 Å². The van der Waals surface area contributed by atoms with E-state index in [-0.39, 0.29) is 6.10 Å². The first-order valence-corrected chi connectivity index (χ1v) is 8.55. The van der Waals surface area contributed by atoms with Crippen LogP contribution in [0.15, 0.2) is 24.4 Å². The first-order valence-electron chi connectivity index (χ1n) is 7.40. The molecule has 3 rings (SSSR count). The van der Waals surface area contributed by atoms with E-state index in [4.69, 9.17) is 15.2 Å². The van der Waals surface area contributed by atoms with Crippen molar-refractivity contribution >= 4 is 17.6 Å². The van der Waals surface area contributed by atoms with Crippen LogP contribution < -0.4 is 15.2 Å². The van der Waals surface area contributed by atoms with E-state index in [1.54, 1.807) is 18.0 Å². The molecule has 1 saturated heterocycles. The Labute approximate surface area is 134 Å². The molecule has 5 nitrogen and oxygen atoms in total. The van der Waals surface area contributed by atoms with Gasteiger partial charge >= 0.3 is 0 Å². The zero-order valence-electron chi connectivity index (χ0n) is 12.9. The highest BCUT2D eigenvalue weighted by atomic mass is 32.2. The Morgan fingerprint density at radius 1 is 1.27 bits per heavy atom. The van der Waals surface area contributed by atoms with Crippen molar-refractivity contribution in [2.24, 2.45) is 7.05 Å². The molecule has 22 heavy (non-hydrogen) atoms. The number of nitrogens with zero attached hydrogens (tertiary/aromatic N) is 2. The summed E-state index contributed by atoms with van der Waals surface area (Å²) in [4.78, 5) is 0. The number of para-hydroxylation sites is 1. The zero-order chi connectivity index (χ0) is 15.5. The number of hydrogen-bond donors (Lipinski definition) is 1. The van der Waals surface area contributed by atoms with Crippen molar-refractivity contribution in [2.75, 3.05) is 24.3 Å². The topological polar surface area (TPSA) is 62.3 Å². The number of nitrogens with two attached hydrogens (primary N) is 1. The summed E-state index contributed by atoms with van der Waals surface area (Å²) in [6.45, 7) is 0. The monoisotopic (exact) mass is 319 g/mol. The van der Waals surface area contributed by atoms with Gasteiger partial charge in [0.1, 0.15) is 11.9 Å². The number of aromatic nitrogens is 2. The minimum Gasteiger partial charge on any atom is -0.493 e. The van der Waals surface area contributed by atoms with Gasteiger partial charge in [0, 0.05) is 18.2 Å². The largest absolute Gasteiger partial charge is 0.493 e. The van der Waals surface area contributed by atoms with Crippen molar-refractivity contribution in [3.8, 4) is 22.6 Å². The quantitative estimate of drug-likeness (QED) is 0.939. The predicted molar refractivity (Wildman–Crippen MR) is 90.6 cm³/mol. The summed E-state index contributed by atoms with van der Waals surface area (Å²) < 4.78 is 13.5. The van der Waals surface area contributed by atoms with E-state index in [1.165, 1.54) is 0 Å². The highest BCUT2D eigenvalue weighted by Crippen LogP contribution is 2.41. The second kappa shape index (κ2) is 6.52. The van der Waals surface area contributed by atoms with Gasteiger partial charge in [0.15, 0.2) is 11.5 Å². The lowest BCUT2D eigenvalue weighted by Gasteiger charge is -2.25. The summed E-state index contributed by atoms with van der Waals surface area (Å²) in [5.74, 6) is 4.41. The Morgan fingerprint density at radius 3 is 2.68 bits per heavy atom. The Kier molecular flexibility index (Phi) is 4.47. The third kappa shape index (κ3) is 2.88. The van der Waals surface area contributed by atoms with Gasteiger partial charge in [-0.05, 0) is 30.4 Å². The molecule has 2 heterocycles.